The zero-order valence-electron chi connectivity index (χ0n) is 13.2. The molecule has 0 fully saturated rings. The predicted molar refractivity (Wildman–Crippen MR) is 90.3 cm³/mol. The molecule has 1 amide bonds. The molecule has 1 aliphatic rings. The van der Waals surface area contributed by atoms with Gasteiger partial charge in [0.25, 0.3) is 0 Å². The van der Waals surface area contributed by atoms with Crippen molar-refractivity contribution in [3.05, 3.63) is 34.6 Å². The third-order valence-corrected chi connectivity index (χ3v) is 4.07. The van der Waals surface area contributed by atoms with E-state index in [0.717, 1.165) is 4.47 Å². The van der Waals surface area contributed by atoms with E-state index in [1.807, 2.05) is 0 Å². The van der Waals surface area contributed by atoms with Gasteiger partial charge in [0.15, 0.2) is 17.3 Å². The van der Waals surface area contributed by atoms with Gasteiger partial charge in [-0.25, -0.2) is 0 Å². The highest BCUT2D eigenvalue weighted by Crippen LogP contribution is 2.37. The minimum Gasteiger partial charge on any atom is -0.454 e. The van der Waals surface area contributed by atoms with Crippen molar-refractivity contribution in [2.75, 3.05) is 12.1 Å². The number of amides is 1. The summed E-state index contributed by atoms with van der Waals surface area (Å²) in [5.74, 6) is 0.323. The molecule has 3 rings (SSSR count). The molecule has 0 bridgehead atoms. The van der Waals surface area contributed by atoms with Crippen LogP contribution in [-0.2, 0) is 11.3 Å². The molecule has 8 heteroatoms. The largest absolute Gasteiger partial charge is 0.454 e. The number of halogens is 1. The first-order chi connectivity index (χ1) is 11.4. The topological polar surface area (TPSA) is 82.5 Å². The molecule has 0 radical (unpaired) electrons. The normalized spacial score (nSPS) is 13.6. The van der Waals surface area contributed by atoms with E-state index in [-0.39, 0.29) is 24.4 Å². The number of rotatable bonds is 5. The third-order valence-electron chi connectivity index (χ3n) is 3.66. The van der Waals surface area contributed by atoms with Crippen LogP contribution in [0.25, 0.3) is 0 Å². The summed E-state index contributed by atoms with van der Waals surface area (Å²) in [5.41, 5.74) is 0.812. The molecule has 0 saturated carbocycles. The molecule has 0 unspecified atom stereocenters. The Labute approximate surface area is 147 Å². The Balaban J connectivity index is 1.77. The summed E-state index contributed by atoms with van der Waals surface area (Å²) in [5, 5.41) is 6.94. The number of nitrogens with one attached hydrogen (secondary N) is 1. The van der Waals surface area contributed by atoms with E-state index in [1.54, 1.807) is 36.1 Å². The van der Waals surface area contributed by atoms with Gasteiger partial charge < -0.3 is 14.8 Å². The Morgan fingerprint density at radius 3 is 2.71 bits per heavy atom. The summed E-state index contributed by atoms with van der Waals surface area (Å²) in [7, 11) is 0. The Morgan fingerprint density at radius 1 is 1.38 bits per heavy atom. The van der Waals surface area contributed by atoms with Gasteiger partial charge in [-0.1, -0.05) is 6.92 Å². The summed E-state index contributed by atoms with van der Waals surface area (Å²) in [6.45, 7) is 3.77. The highest BCUT2D eigenvalue weighted by Gasteiger charge is 2.22. The fourth-order valence-corrected chi connectivity index (χ4v) is 2.72. The lowest BCUT2D eigenvalue weighted by atomic mass is 10.1. The fraction of sp³-hybridized carbons (Fsp3) is 0.312. The van der Waals surface area contributed by atoms with Crippen molar-refractivity contribution in [1.29, 1.82) is 0 Å². The molecule has 2 aromatic rings. The molecular weight excluding hydrogens is 378 g/mol. The SMILES string of the molecule is CC(=O)c1cc2c(cc1NC(=O)[C@@H](C)Cn1cc(Br)cn1)OCO2. The quantitative estimate of drug-likeness (QED) is 0.789. The van der Waals surface area contributed by atoms with E-state index in [9.17, 15) is 9.59 Å². The average Bonchev–Trinajstić information content (AvgIpc) is 3.14. The smallest absolute Gasteiger partial charge is 0.231 e. The van der Waals surface area contributed by atoms with Gasteiger partial charge in [0.05, 0.1) is 28.8 Å². The van der Waals surface area contributed by atoms with Gasteiger partial charge in [0.1, 0.15) is 0 Å². The minimum atomic E-state index is -0.331. The highest BCUT2D eigenvalue weighted by atomic mass is 79.9. The fourth-order valence-electron chi connectivity index (χ4n) is 2.39. The van der Waals surface area contributed by atoms with Crippen LogP contribution < -0.4 is 14.8 Å². The minimum absolute atomic E-state index is 0.106. The van der Waals surface area contributed by atoms with E-state index in [0.29, 0.717) is 29.3 Å². The number of anilines is 1. The maximum absolute atomic E-state index is 12.5. The molecule has 0 spiro atoms. The third kappa shape index (κ3) is 3.43. The summed E-state index contributed by atoms with van der Waals surface area (Å²) >= 11 is 3.32. The van der Waals surface area contributed by atoms with Gasteiger partial charge >= 0.3 is 0 Å². The van der Waals surface area contributed by atoms with Crippen molar-refractivity contribution in [2.24, 2.45) is 5.92 Å². The number of fused-ring (bicyclic) bond motifs is 1. The summed E-state index contributed by atoms with van der Waals surface area (Å²) in [6, 6.07) is 3.21. The molecule has 24 heavy (non-hydrogen) atoms. The number of ether oxygens (including phenoxy) is 2. The lowest BCUT2D eigenvalue weighted by Crippen LogP contribution is -2.25. The zero-order valence-corrected chi connectivity index (χ0v) is 14.8. The van der Waals surface area contributed by atoms with Crippen LogP contribution in [0.15, 0.2) is 29.0 Å². The number of hydrogen-bond acceptors (Lipinski definition) is 5. The van der Waals surface area contributed by atoms with Crippen LogP contribution in [0, 0.1) is 5.92 Å². The number of hydrogen-bond donors (Lipinski definition) is 1. The summed E-state index contributed by atoms with van der Waals surface area (Å²) in [4.78, 5) is 24.3. The highest BCUT2D eigenvalue weighted by molar-refractivity contribution is 9.10. The van der Waals surface area contributed by atoms with Crippen LogP contribution in [0.3, 0.4) is 0 Å². The number of aromatic nitrogens is 2. The Bertz CT molecular complexity index is 803. The number of ketones is 1. The number of carbonyl (C=O) groups excluding carboxylic acids is 2. The van der Waals surface area contributed by atoms with Crippen molar-refractivity contribution >= 4 is 33.3 Å². The molecule has 7 nitrogen and oxygen atoms in total. The maximum Gasteiger partial charge on any atom is 0.231 e. The van der Waals surface area contributed by atoms with Crippen molar-refractivity contribution < 1.29 is 19.1 Å². The molecule has 0 aliphatic carbocycles. The number of Topliss-reactive ketones (excluding diaryl/α,β-unsaturated/α-hetero) is 1. The zero-order chi connectivity index (χ0) is 17.3. The van der Waals surface area contributed by atoms with Crippen LogP contribution >= 0.6 is 15.9 Å². The molecule has 1 aliphatic heterocycles. The van der Waals surface area contributed by atoms with E-state index < -0.39 is 0 Å². The first-order valence-electron chi connectivity index (χ1n) is 7.37. The molecule has 1 atom stereocenters. The Morgan fingerprint density at radius 2 is 2.08 bits per heavy atom. The van der Waals surface area contributed by atoms with E-state index in [1.165, 1.54) is 6.92 Å². The Hall–Kier alpha value is -2.35. The van der Waals surface area contributed by atoms with Crippen molar-refractivity contribution in [2.45, 2.75) is 20.4 Å². The van der Waals surface area contributed by atoms with Gasteiger partial charge in [-0.05, 0) is 28.9 Å². The average molecular weight is 394 g/mol. The lowest BCUT2D eigenvalue weighted by Gasteiger charge is -2.15. The molecular formula is C16H16BrN3O4. The first kappa shape index (κ1) is 16.5. The van der Waals surface area contributed by atoms with Gasteiger partial charge in [-0.2, -0.15) is 5.10 Å². The van der Waals surface area contributed by atoms with Crippen LogP contribution in [0.2, 0.25) is 0 Å². The first-order valence-corrected chi connectivity index (χ1v) is 8.16. The van der Waals surface area contributed by atoms with E-state index in [4.69, 9.17) is 9.47 Å². The van der Waals surface area contributed by atoms with Crippen molar-refractivity contribution in [1.82, 2.24) is 9.78 Å². The second-order valence-corrected chi connectivity index (χ2v) is 6.49. The van der Waals surface area contributed by atoms with Crippen LogP contribution in [0.1, 0.15) is 24.2 Å². The monoisotopic (exact) mass is 393 g/mol. The van der Waals surface area contributed by atoms with Gasteiger partial charge in [0, 0.05) is 17.8 Å². The lowest BCUT2D eigenvalue weighted by molar-refractivity contribution is -0.119. The second kappa shape index (κ2) is 6.64. The second-order valence-electron chi connectivity index (χ2n) is 5.58. The molecule has 0 saturated heterocycles. The van der Waals surface area contributed by atoms with Gasteiger partial charge in [-0.3, -0.25) is 14.3 Å². The number of nitrogens with zero attached hydrogens (tertiary/aromatic N) is 2. The molecule has 126 valence electrons. The molecule has 1 aromatic carbocycles. The van der Waals surface area contributed by atoms with E-state index >= 15 is 0 Å². The molecule has 2 heterocycles. The van der Waals surface area contributed by atoms with Crippen LogP contribution in [-0.4, -0.2) is 28.3 Å². The maximum atomic E-state index is 12.5. The van der Waals surface area contributed by atoms with Crippen LogP contribution in [0.5, 0.6) is 11.5 Å². The van der Waals surface area contributed by atoms with E-state index in [2.05, 4.69) is 26.3 Å². The van der Waals surface area contributed by atoms with Crippen molar-refractivity contribution in [3.8, 4) is 11.5 Å². The molecule has 1 N–H and O–H groups in total. The standard InChI is InChI=1S/C16H16BrN3O4/c1-9(6-20-7-11(17)5-18-20)16(22)19-13-4-15-14(23-8-24-15)3-12(13)10(2)21/h3-5,7,9H,6,8H2,1-2H3,(H,19,22)/t9-/m0/s1. The number of benzene rings is 1. The number of carbonyl (C=O) groups is 2. The van der Waals surface area contributed by atoms with Gasteiger partial charge in [-0.15, -0.1) is 0 Å². The van der Waals surface area contributed by atoms with Gasteiger partial charge in [0.2, 0.25) is 12.7 Å². The molecule has 1 aromatic heterocycles. The van der Waals surface area contributed by atoms with Crippen molar-refractivity contribution in [3.63, 3.8) is 0 Å². The Kier molecular flexibility index (Phi) is 4.57. The summed E-state index contributed by atoms with van der Waals surface area (Å²) in [6.07, 6.45) is 3.46. The summed E-state index contributed by atoms with van der Waals surface area (Å²) < 4.78 is 13.1. The predicted octanol–water partition coefficient (Wildman–Crippen LogP) is 2.85. The van der Waals surface area contributed by atoms with Crippen LogP contribution in [0.4, 0.5) is 5.69 Å².